The van der Waals surface area contributed by atoms with E-state index in [1.165, 1.54) is 167 Å². The quantitative estimate of drug-likeness (QED) is 0.0455. The second-order valence-corrected chi connectivity index (χ2v) is 14.4. The Balaban J connectivity index is 3.47. The van der Waals surface area contributed by atoms with Crippen molar-refractivity contribution in [3.05, 3.63) is 24.3 Å². The maximum atomic E-state index is 12.4. The van der Waals surface area contributed by atoms with Gasteiger partial charge in [0.05, 0.1) is 18.8 Å². The van der Waals surface area contributed by atoms with Crippen LogP contribution in [0.4, 0.5) is 0 Å². The summed E-state index contributed by atoms with van der Waals surface area (Å²) in [6.07, 6.45) is 49.7. The minimum Gasteiger partial charge on any atom is -0.394 e. The third-order valence-electron chi connectivity index (χ3n) is 9.72. The fraction of sp³-hybridized carbons (Fsp3) is 0.884. The van der Waals surface area contributed by atoms with Crippen LogP contribution in [-0.2, 0) is 4.79 Å². The summed E-state index contributed by atoms with van der Waals surface area (Å²) in [5, 5.41) is 23.0. The number of allylic oxidation sites excluding steroid dienone is 4. The molecule has 0 spiro atoms. The van der Waals surface area contributed by atoms with Crippen molar-refractivity contribution in [2.45, 2.75) is 238 Å². The summed E-state index contributed by atoms with van der Waals surface area (Å²) in [7, 11) is 0. The van der Waals surface area contributed by atoms with Gasteiger partial charge in [-0.25, -0.2) is 0 Å². The highest BCUT2D eigenvalue weighted by Gasteiger charge is 2.19. The van der Waals surface area contributed by atoms with Crippen LogP contribution >= 0.6 is 0 Å². The number of nitrogens with one attached hydrogen (secondary N) is 1. The van der Waals surface area contributed by atoms with Crippen molar-refractivity contribution >= 4 is 5.91 Å². The highest BCUT2D eigenvalue weighted by Crippen LogP contribution is 2.15. The van der Waals surface area contributed by atoms with Gasteiger partial charge in [0, 0.05) is 6.42 Å². The van der Waals surface area contributed by atoms with Gasteiger partial charge in [0.25, 0.3) is 0 Å². The van der Waals surface area contributed by atoms with Gasteiger partial charge in [0.2, 0.25) is 5.91 Å². The summed E-state index contributed by atoms with van der Waals surface area (Å²) in [4.78, 5) is 12.4. The van der Waals surface area contributed by atoms with Crippen molar-refractivity contribution in [3.63, 3.8) is 0 Å². The van der Waals surface area contributed by atoms with Gasteiger partial charge >= 0.3 is 0 Å². The Morgan fingerprint density at radius 2 is 0.872 bits per heavy atom. The van der Waals surface area contributed by atoms with Gasteiger partial charge in [-0.1, -0.05) is 199 Å². The summed E-state index contributed by atoms with van der Waals surface area (Å²) in [5.41, 5.74) is 0. The van der Waals surface area contributed by atoms with Gasteiger partial charge in [0.15, 0.2) is 0 Å². The molecule has 0 saturated heterocycles. The van der Waals surface area contributed by atoms with Crippen molar-refractivity contribution in [2.24, 2.45) is 0 Å². The highest BCUT2D eigenvalue weighted by atomic mass is 16.3. The molecular weight excluding hydrogens is 578 g/mol. The molecule has 0 rings (SSSR count). The van der Waals surface area contributed by atoms with E-state index in [1.807, 2.05) is 0 Å². The number of carbonyl (C=O) groups excluding carboxylic acids is 1. The van der Waals surface area contributed by atoms with E-state index in [4.69, 9.17) is 0 Å². The van der Waals surface area contributed by atoms with Crippen LogP contribution in [0.1, 0.15) is 226 Å². The Labute approximate surface area is 294 Å². The van der Waals surface area contributed by atoms with E-state index < -0.39 is 12.1 Å². The second kappa shape index (κ2) is 39.3. The lowest BCUT2D eigenvalue weighted by Crippen LogP contribution is -2.45. The zero-order chi connectivity index (χ0) is 34.3. The first-order chi connectivity index (χ1) is 23.2. The lowest BCUT2D eigenvalue weighted by atomic mass is 10.0. The molecule has 4 heteroatoms. The van der Waals surface area contributed by atoms with Gasteiger partial charge in [-0.3, -0.25) is 4.79 Å². The van der Waals surface area contributed by atoms with Crippen LogP contribution in [-0.4, -0.2) is 34.9 Å². The summed E-state index contributed by atoms with van der Waals surface area (Å²) in [5.74, 6) is -0.0332. The number of unbranched alkanes of at least 4 members (excludes halogenated alkanes) is 27. The lowest BCUT2D eigenvalue weighted by Gasteiger charge is -2.22. The van der Waals surface area contributed by atoms with Crippen LogP contribution in [0, 0.1) is 0 Å². The standard InChI is InChI=1S/C43H83NO3/c1-3-5-7-9-11-13-15-16-17-18-19-20-21-22-23-24-25-26-27-28-29-31-33-35-37-39-43(47)44-41(40-45)42(46)38-36-34-32-30-14-12-10-8-6-4-2/h15-16,18-19,41-42,45-46H,3-14,17,20-40H2,1-2H3,(H,44,47)/b16-15-,19-18-. The normalized spacial score (nSPS) is 13.2. The maximum absolute atomic E-state index is 12.4. The molecule has 0 heterocycles. The van der Waals surface area contributed by atoms with Gasteiger partial charge in [-0.2, -0.15) is 0 Å². The average molecular weight is 662 g/mol. The number of carbonyl (C=O) groups is 1. The molecule has 2 atom stereocenters. The summed E-state index contributed by atoms with van der Waals surface area (Å²) in [6.45, 7) is 4.33. The molecule has 0 radical (unpaired) electrons. The summed E-state index contributed by atoms with van der Waals surface area (Å²) in [6, 6.07) is -0.532. The van der Waals surface area contributed by atoms with Crippen molar-refractivity contribution < 1.29 is 15.0 Å². The smallest absolute Gasteiger partial charge is 0.220 e. The van der Waals surface area contributed by atoms with E-state index in [1.54, 1.807) is 0 Å². The zero-order valence-electron chi connectivity index (χ0n) is 31.8. The first-order valence-electron chi connectivity index (χ1n) is 21.0. The van der Waals surface area contributed by atoms with Crippen molar-refractivity contribution in [3.8, 4) is 0 Å². The molecule has 4 nitrogen and oxygen atoms in total. The number of aliphatic hydroxyl groups excluding tert-OH is 2. The zero-order valence-corrected chi connectivity index (χ0v) is 31.8. The lowest BCUT2D eigenvalue weighted by molar-refractivity contribution is -0.123. The fourth-order valence-electron chi connectivity index (χ4n) is 6.45. The molecule has 0 aromatic heterocycles. The topological polar surface area (TPSA) is 69.6 Å². The molecule has 0 fully saturated rings. The number of hydrogen-bond acceptors (Lipinski definition) is 3. The molecule has 0 aliphatic carbocycles. The summed E-state index contributed by atoms with van der Waals surface area (Å²) >= 11 is 0. The fourth-order valence-corrected chi connectivity index (χ4v) is 6.45. The maximum Gasteiger partial charge on any atom is 0.220 e. The molecule has 47 heavy (non-hydrogen) atoms. The van der Waals surface area contributed by atoms with Gasteiger partial charge in [-0.15, -0.1) is 0 Å². The molecule has 278 valence electrons. The predicted octanol–water partition coefficient (Wildman–Crippen LogP) is 12.8. The van der Waals surface area contributed by atoms with Crippen LogP contribution in [0.2, 0.25) is 0 Å². The van der Waals surface area contributed by atoms with E-state index in [0.717, 1.165) is 32.1 Å². The molecule has 0 aromatic rings. The number of hydrogen-bond donors (Lipinski definition) is 3. The van der Waals surface area contributed by atoms with Crippen LogP contribution in [0.3, 0.4) is 0 Å². The van der Waals surface area contributed by atoms with Crippen LogP contribution < -0.4 is 5.32 Å². The molecule has 0 aliphatic heterocycles. The SMILES string of the molecule is CCCCCCC/C=C\C/C=C\CCCCCCCCCCCCCCCC(=O)NC(CO)C(O)CCCCCCCCCCCC. The Hall–Kier alpha value is -1.13. The molecule has 0 saturated carbocycles. The first kappa shape index (κ1) is 45.9. The predicted molar refractivity (Wildman–Crippen MR) is 207 cm³/mol. The Kier molecular flexibility index (Phi) is 38.4. The average Bonchev–Trinajstić information content (AvgIpc) is 3.07. The monoisotopic (exact) mass is 662 g/mol. The minimum atomic E-state index is -0.655. The summed E-state index contributed by atoms with van der Waals surface area (Å²) < 4.78 is 0. The van der Waals surface area contributed by atoms with E-state index >= 15 is 0 Å². The molecule has 0 aliphatic rings. The van der Waals surface area contributed by atoms with Crippen molar-refractivity contribution in [1.82, 2.24) is 5.32 Å². The van der Waals surface area contributed by atoms with Crippen molar-refractivity contribution in [1.29, 1.82) is 0 Å². The van der Waals surface area contributed by atoms with Gasteiger partial charge in [0.1, 0.15) is 0 Å². The van der Waals surface area contributed by atoms with E-state index in [9.17, 15) is 15.0 Å². The molecule has 3 N–H and O–H groups in total. The van der Waals surface area contributed by atoms with E-state index in [0.29, 0.717) is 12.8 Å². The molecule has 0 bridgehead atoms. The molecule has 2 unspecified atom stereocenters. The number of amides is 1. The third-order valence-corrected chi connectivity index (χ3v) is 9.72. The molecular formula is C43H83NO3. The largest absolute Gasteiger partial charge is 0.394 e. The number of aliphatic hydroxyl groups is 2. The minimum absolute atomic E-state index is 0.0332. The Morgan fingerprint density at radius 1 is 0.511 bits per heavy atom. The first-order valence-corrected chi connectivity index (χ1v) is 21.0. The number of rotatable bonds is 38. The van der Waals surface area contributed by atoms with E-state index in [2.05, 4.69) is 43.5 Å². The van der Waals surface area contributed by atoms with Crippen LogP contribution in [0.15, 0.2) is 24.3 Å². The third kappa shape index (κ3) is 36.0. The molecule has 0 aromatic carbocycles. The van der Waals surface area contributed by atoms with Crippen LogP contribution in [0.25, 0.3) is 0 Å². The Bertz CT molecular complexity index is 676. The van der Waals surface area contributed by atoms with Gasteiger partial charge < -0.3 is 15.5 Å². The second-order valence-electron chi connectivity index (χ2n) is 14.4. The van der Waals surface area contributed by atoms with Crippen LogP contribution in [0.5, 0.6) is 0 Å². The highest BCUT2D eigenvalue weighted by molar-refractivity contribution is 5.76. The van der Waals surface area contributed by atoms with E-state index in [-0.39, 0.29) is 12.5 Å². The van der Waals surface area contributed by atoms with Gasteiger partial charge in [-0.05, 0) is 44.9 Å². The van der Waals surface area contributed by atoms with Crippen molar-refractivity contribution in [2.75, 3.05) is 6.61 Å². The Morgan fingerprint density at radius 3 is 1.28 bits per heavy atom. The molecule has 1 amide bonds.